The van der Waals surface area contributed by atoms with Crippen molar-refractivity contribution >= 4 is 29.5 Å². The summed E-state index contributed by atoms with van der Waals surface area (Å²) in [5, 5.41) is 20.7. The van der Waals surface area contributed by atoms with Crippen molar-refractivity contribution < 1.29 is 38.4 Å². The Labute approximate surface area is 375 Å². The minimum absolute atomic E-state index is 0.0313. The molecule has 5 amide bonds. The summed E-state index contributed by atoms with van der Waals surface area (Å²) in [6.07, 6.45) is 3.02. The van der Waals surface area contributed by atoms with Gasteiger partial charge in [0.05, 0.1) is 31.3 Å². The van der Waals surface area contributed by atoms with Gasteiger partial charge in [-0.3, -0.25) is 33.6 Å². The van der Waals surface area contributed by atoms with Gasteiger partial charge in [-0.15, -0.1) is 9.46 Å². The molecule has 3 atom stereocenters. The van der Waals surface area contributed by atoms with Crippen molar-refractivity contribution in [3.05, 3.63) is 139 Å². The lowest BCUT2D eigenvalue weighted by molar-refractivity contribution is -0.123. The number of aromatic nitrogens is 2. The largest absolute Gasteiger partial charge is 0.405 e. The number of carbonyl (C=O) groups excluding carboxylic acids is 5. The molecule has 0 radical (unpaired) electrons. The Morgan fingerprint density at radius 2 is 1.12 bits per heavy atom. The highest BCUT2D eigenvalue weighted by atomic mass is 16.7. The monoisotopic (exact) mass is 895 g/mol. The Morgan fingerprint density at radius 3 is 1.63 bits per heavy atom. The second-order valence-electron chi connectivity index (χ2n) is 15.6. The number of pyridine rings is 2. The molecule has 8 rings (SSSR count). The van der Waals surface area contributed by atoms with Gasteiger partial charge in [0.1, 0.15) is 35.7 Å². The molecule has 1 unspecified atom stereocenters. The van der Waals surface area contributed by atoms with Gasteiger partial charge in [-0.05, 0) is 87.1 Å². The first kappa shape index (κ1) is 47.6. The quantitative estimate of drug-likeness (QED) is 0.120. The van der Waals surface area contributed by atoms with Crippen molar-refractivity contribution in [2.24, 2.45) is 0 Å². The molecule has 19 nitrogen and oxygen atoms in total. The van der Waals surface area contributed by atoms with Gasteiger partial charge in [0.25, 0.3) is 34.7 Å². The van der Waals surface area contributed by atoms with E-state index in [1.807, 2.05) is 19.1 Å². The van der Waals surface area contributed by atoms with Crippen LogP contribution < -0.4 is 58.0 Å². The highest BCUT2D eigenvalue weighted by molar-refractivity contribution is 5.98. The lowest BCUT2D eigenvalue weighted by Gasteiger charge is -2.21. The number of amides is 5. The molecule has 4 aromatic rings. The zero-order chi connectivity index (χ0) is 46.0. The molecule has 6 heterocycles. The summed E-state index contributed by atoms with van der Waals surface area (Å²) in [5.41, 5.74) is -1.30. The molecular weight excluding hydrogens is 839 g/mol. The van der Waals surface area contributed by atoms with Gasteiger partial charge in [0.15, 0.2) is 0 Å². The van der Waals surface area contributed by atoms with Gasteiger partial charge in [-0.25, -0.2) is 0 Å². The van der Waals surface area contributed by atoms with Crippen molar-refractivity contribution in [3.63, 3.8) is 0 Å². The summed E-state index contributed by atoms with van der Waals surface area (Å²) >= 11 is 0. The van der Waals surface area contributed by atoms with E-state index in [9.17, 15) is 33.6 Å². The standard InChI is InChI=1S/C46H57N9O10/c1-2-21-49-42(58)35-16-9-22-47-23-10-25-50-43(59)38-19-17-33(45(61)54(38)64-27-31-12-5-3-6-13-31)40(56)52-36-29-63-30-37(36)53-41(57)34-18-20-39(44(60)51-26-11-24-48-35)55(46(34)62)65-28-32-14-7-4-8-15-32/h3-8,12-15,17-20,35-37,47-48H,2,9-11,16,21-30H2,1H3,(H,49,58)(H,50,59)(H,51,60)(H,52,56)(H,53,57)/t35?,36-,37+/m1/s1. The van der Waals surface area contributed by atoms with Crippen molar-refractivity contribution in [3.8, 4) is 0 Å². The third-order valence-corrected chi connectivity index (χ3v) is 10.7. The lowest BCUT2D eigenvalue weighted by Crippen LogP contribution is -2.52. The number of nitrogens with one attached hydrogen (secondary N) is 7. The molecular formula is C46H57N9O10. The molecule has 346 valence electrons. The summed E-state index contributed by atoms with van der Waals surface area (Å²) in [6.45, 7) is 4.33. The zero-order valence-corrected chi connectivity index (χ0v) is 36.4. The second kappa shape index (κ2) is 24.3. The van der Waals surface area contributed by atoms with E-state index in [4.69, 9.17) is 14.4 Å². The average Bonchev–Trinajstić information content (AvgIpc) is 3.75. The van der Waals surface area contributed by atoms with Gasteiger partial charge in [0.2, 0.25) is 5.91 Å². The number of hydrogen-bond acceptors (Lipinski definition) is 12. The highest BCUT2D eigenvalue weighted by Crippen LogP contribution is 2.11. The zero-order valence-electron chi connectivity index (χ0n) is 36.4. The minimum Gasteiger partial charge on any atom is -0.405 e. The van der Waals surface area contributed by atoms with Crippen LogP contribution in [0.25, 0.3) is 0 Å². The molecule has 7 N–H and O–H groups in total. The number of fused-ring (bicyclic) bond motifs is 2. The molecule has 0 aliphatic carbocycles. The van der Waals surface area contributed by atoms with Crippen molar-refractivity contribution in [1.82, 2.24) is 46.7 Å². The third-order valence-electron chi connectivity index (χ3n) is 10.7. The number of carbonyl (C=O) groups is 5. The number of benzene rings is 2. The molecule has 2 aromatic heterocycles. The lowest BCUT2D eigenvalue weighted by atomic mass is 10.1. The summed E-state index contributed by atoms with van der Waals surface area (Å²) in [5.74, 6) is -2.95. The van der Waals surface area contributed by atoms with Crippen LogP contribution in [0.1, 0.15) is 91.8 Å². The molecule has 0 saturated carbocycles. The molecule has 1 fully saturated rings. The Balaban J connectivity index is 1.25. The predicted octanol–water partition coefficient (Wildman–Crippen LogP) is 0.302. The van der Waals surface area contributed by atoms with Gasteiger partial charge in [0, 0.05) is 19.6 Å². The van der Waals surface area contributed by atoms with E-state index >= 15 is 0 Å². The predicted molar refractivity (Wildman–Crippen MR) is 239 cm³/mol. The fourth-order valence-corrected chi connectivity index (χ4v) is 7.15. The van der Waals surface area contributed by atoms with Crippen LogP contribution in [-0.2, 0) is 22.7 Å². The highest BCUT2D eigenvalue weighted by Gasteiger charge is 2.33. The number of ether oxygens (including phenoxy) is 1. The molecule has 4 aliphatic rings. The Morgan fingerprint density at radius 1 is 0.631 bits per heavy atom. The number of hydrogen-bond donors (Lipinski definition) is 7. The van der Waals surface area contributed by atoms with Crippen molar-refractivity contribution in [1.29, 1.82) is 0 Å². The van der Waals surface area contributed by atoms with Gasteiger partial charge in [-0.1, -0.05) is 67.6 Å². The Kier molecular flexibility index (Phi) is 17.8. The maximum Gasteiger partial charge on any atom is 0.296 e. The van der Waals surface area contributed by atoms with Crippen molar-refractivity contribution in [2.45, 2.75) is 70.4 Å². The van der Waals surface area contributed by atoms with E-state index in [2.05, 4.69) is 37.2 Å². The topological polar surface area (TPSA) is 241 Å². The van der Waals surface area contributed by atoms with E-state index in [0.29, 0.717) is 63.0 Å². The molecule has 19 heteroatoms. The maximum atomic E-state index is 14.0. The first-order valence-corrected chi connectivity index (χ1v) is 22.0. The molecule has 65 heavy (non-hydrogen) atoms. The van der Waals surface area contributed by atoms with E-state index in [0.717, 1.165) is 15.9 Å². The van der Waals surface area contributed by atoms with Crippen LogP contribution in [0, 0.1) is 0 Å². The minimum atomic E-state index is -0.900. The van der Waals surface area contributed by atoms with Crippen molar-refractivity contribution in [2.75, 3.05) is 52.5 Å². The van der Waals surface area contributed by atoms with Crippen LogP contribution in [0.5, 0.6) is 0 Å². The normalized spacial score (nSPS) is 19.5. The summed E-state index contributed by atoms with van der Waals surface area (Å²) in [6, 6.07) is 20.9. The maximum absolute atomic E-state index is 14.0. The van der Waals surface area contributed by atoms with E-state index in [1.54, 1.807) is 48.5 Å². The third kappa shape index (κ3) is 13.3. The van der Waals surface area contributed by atoms with Crippen LogP contribution in [-0.4, -0.2) is 110 Å². The van der Waals surface area contributed by atoms with Crippen LogP contribution in [0.4, 0.5) is 0 Å². The first-order valence-electron chi connectivity index (χ1n) is 22.0. The van der Waals surface area contributed by atoms with Crippen LogP contribution in [0.15, 0.2) is 94.5 Å². The Bertz CT molecular complexity index is 2370. The summed E-state index contributed by atoms with van der Waals surface area (Å²) in [4.78, 5) is 107. The molecule has 4 aliphatic heterocycles. The van der Waals surface area contributed by atoms with Crippen LogP contribution in [0.2, 0.25) is 0 Å². The van der Waals surface area contributed by atoms with Gasteiger partial charge >= 0.3 is 0 Å². The first-order chi connectivity index (χ1) is 31.6. The van der Waals surface area contributed by atoms with Crippen LogP contribution in [0.3, 0.4) is 0 Å². The fourth-order valence-electron chi connectivity index (χ4n) is 7.15. The summed E-state index contributed by atoms with van der Waals surface area (Å²) < 4.78 is 7.20. The number of rotatable bonds is 9. The summed E-state index contributed by atoms with van der Waals surface area (Å²) in [7, 11) is 0. The molecule has 1 saturated heterocycles. The molecule has 2 aromatic carbocycles. The van der Waals surface area contributed by atoms with E-state index < -0.39 is 52.9 Å². The van der Waals surface area contributed by atoms with E-state index in [1.165, 1.54) is 24.3 Å². The fraction of sp³-hybridized carbons (Fsp3) is 0.413. The van der Waals surface area contributed by atoms with Crippen LogP contribution >= 0.6 is 0 Å². The van der Waals surface area contributed by atoms with E-state index in [-0.39, 0.29) is 67.9 Å². The second-order valence-corrected chi connectivity index (χ2v) is 15.6. The number of nitrogens with zero attached hydrogens (tertiary/aromatic N) is 2. The molecule has 0 spiro atoms. The molecule has 4 bridgehead atoms. The Hall–Kier alpha value is -6.83. The smallest absolute Gasteiger partial charge is 0.296 e. The van der Waals surface area contributed by atoms with Gasteiger partial charge in [-0.2, -0.15) is 0 Å². The van der Waals surface area contributed by atoms with Gasteiger partial charge < -0.3 is 51.6 Å². The average molecular weight is 896 g/mol. The SMILES string of the molecule is CCCNC(=O)C1CCCNCCCNC(=O)c2ccc(c(=O)n2OCc2ccccc2)C(=O)N[C@@H]2COC[C@@H]2NC(=O)c2ccc(n(OCc3ccccc3)c2=O)C(=O)NCCCN1.